The molecule has 0 aliphatic carbocycles. The van der Waals surface area contributed by atoms with E-state index in [1.165, 1.54) is 0 Å². The predicted octanol–water partition coefficient (Wildman–Crippen LogP) is 2.03. The molecule has 1 aromatic rings. The van der Waals surface area contributed by atoms with Crippen LogP contribution in [0.5, 0.6) is 0 Å². The molecule has 0 amide bonds. The average molecular weight is 164 g/mol. The van der Waals surface area contributed by atoms with Gasteiger partial charge in [-0.3, -0.25) is 9.99 Å². The highest BCUT2D eigenvalue weighted by molar-refractivity contribution is 5.30. The molecule has 1 aromatic heterocycles. The van der Waals surface area contributed by atoms with Crippen LogP contribution in [-0.2, 0) is 0 Å². The van der Waals surface area contributed by atoms with Gasteiger partial charge in [-0.05, 0) is 19.1 Å². The summed E-state index contributed by atoms with van der Waals surface area (Å²) in [7, 11) is 1.87. The highest BCUT2D eigenvalue weighted by atomic mass is 15.5. The molecule has 0 unspecified atom stereocenters. The Bertz CT molecular complexity index is 244. The fourth-order valence-corrected chi connectivity index (χ4v) is 0.604. The monoisotopic (exact) mass is 164 g/mol. The number of hydrogen-bond donors (Lipinski definition) is 0. The minimum Gasteiger partial charge on any atom is -0.282 e. The van der Waals surface area contributed by atoms with Gasteiger partial charge >= 0.3 is 0 Å². The molecule has 0 aliphatic heterocycles. The largest absolute Gasteiger partial charge is 0.282 e. The van der Waals surface area contributed by atoms with Crippen molar-refractivity contribution in [2.75, 3.05) is 13.6 Å². The van der Waals surface area contributed by atoms with Crippen molar-refractivity contribution in [3.05, 3.63) is 24.5 Å². The van der Waals surface area contributed by atoms with E-state index in [-0.39, 0.29) is 0 Å². The highest BCUT2D eigenvalue weighted by Gasteiger charge is 1.87. The summed E-state index contributed by atoms with van der Waals surface area (Å²) in [6, 6.07) is 3.69. The van der Waals surface area contributed by atoms with Crippen molar-refractivity contribution in [3.63, 3.8) is 0 Å². The number of nitrogens with zero attached hydrogens (tertiary/aromatic N) is 4. The molecule has 0 saturated heterocycles. The highest BCUT2D eigenvalue weighted by Crippen LogP contribution is 2.08. The number of rotatable bonds is 3. The zero-order chi connectivity index (χ0) is 8.81. The lowest BCUT2D eigenvalue weighted by Crippen LogP contribution is -2.07. The third-order valence-electron chi connectivity index (χ3n) is 1.42. The molecule has 0 spiro atoms. The SMILES string of the molecule is CCN(C)N=Nc1cccnc1. The molecule has 4 nitrogen and oxygen atoms in total. The maximum atomic E-state index is 3.97. The van der Waals surface area contributed by atoms with Crippen LogP contribution in [0.2, 0.25) is 0 Å². The zero-order valence-electron chi connectivity index (χ0n) is 7.31. The van der Waals surface area contributed by atoms with E-state index in [4.69, 9.17) is 0 Å². The Hall–Kier alpha value is -1.45. The van der Waals surface area contributed by atoms with Crippen LogP contribution in [0, 0.1) is 0 Å². The summed E-state index contributed by atoms with van der Waals surface area (Å²) in [5.41, 5.74) is 0.776. The second kappa shape index (κ2) is 4.43. The van der Waals surface area contributed by atoms with Gasteiger partial charge in [0.1, 0.15) is 5.69 Å². The smallest absolute Gasteiger partial charge is 0.106 e. The molecule has 4 heteroatoms. The molecule has 0 atom stereocenters. The quantitative estimate of drug-likeness (QED) is 0.506. The van der Waals surface area contributed by atoms with E-state index in [9.17, 15) is 0 Å². The second-order valence-corrected chi connectivity index (χ2v) is 2.37. The summed E-state index contributed by atoms with van der Waals surface area (Å²) in [4.78, 5) is 3.92. The Morgan fingerprint density at radius 3 is 3.00 bits per heavy atom. The van der Waals surface area contributed by atoms with Gasteiger partial charge in [-0.15, -0.1) is 5.11 Å². The molecule has 12 heavy (non-hydrogen) atoms. The molecule has 0 radical (unpaired) electrons. The lowest BCUT2D eigenvalue weighted by atomic mass is 10.4. The van der Waals surface area contributed by atoms with Crippen LogP contribution in [-0.4, -0.2) is 23.6 Å². The normalized spacial score (nSPS) is 10.5. The Morgan fingerprint density at radius 2 is 2.42 bits per heavy atom. The van der Waals surface area contributed by atoms with E-state index >= 15 is 0 Å². The topological polar surface area (TPSA) is 40.9 Å². The third-order valence-corrected chi connectivity index (χ3v) is 1.42. The van der Waals surface area contributed by atoms with Crippen LogP contribution in [0.25, 0.3) is 0 Å². The number of hydrogen-bond acceptors (Lipinski definition) is 3. The third kappa shape index (κ3) is 2.65. The molecule has 0 N–H and O–H groups in total. The van der Waals surface area contributed by atoms with Gasteiger partial charge in [0, 0.05) is 19.8 Å². The van der Waals surface area contributed by atoms with Crippen molar-refractivity contribution in [1.29, 1.82) is 0 Å². The first-order valence-electron chi connectivity index (χ1n) is 3.85. The summed E-state index contributed by atoms with van der Waals surface area (Å²) in [5, 5.41) is 9.65. The minimum atomic E-state index is 0.776. The Kier molecular flexibility index (Phi) is 3.19. The Balaban J connectivity index is 2.58. The summed E-state index contributed by atoms with van der Waals surface area (Å²) in [6.45, 7) is 2.87. The molecule has 64 valence electrons. The van der Waals surface area contributed by atoms with Gasteiger partial charge in [-0.25, -0.2) is 0 Å². The van der Waals surface area contributed by atoms with Crippen molar-refractivity contribution < 1.29 is 0 Å². The molecule has 0 saturated carbocycles. The van der Waals surface area contributed by atoms with Crippen molar-refractivity contribution in [1.82, 2.24) is 9.99 Å². The zero-order valence-corrected chi connectivity index (χ0v) is 7.31. The van der Waals surface area contributed by atoms with E-state index in [1.54, 1.807) is 17.4 Å². The van der Waals surface area contributed by atoms with E-state index in [0.717, 1.165) is 12.2 Å². The lowest BCUT2D eigenvalue weighted by Gasteiger charge is -2.05. The molecule has 1 rings (SSSR count). The summed E-state index contributed by atoms with van der Waals surface area (Å²) in [6.07, 6.45) is 3.38. The molecule has 0 bridgehead atoms. The summed E-state index contributed by atoms with van der Waals surface area (Å²) >= 11 is 0. The Labute approximate surface area is 71.9 Å². The van der Waals surface area contributed by atoms with Gasteiger partial charge in [0.05, 0.1) is 6.20 Å². The number of pyridine rings is 1. The minimum absolute atomic E-state index is 0.776. The van der Waals surface area contributed by atoms with Crippen LogP contribution >= 0.6 is 0 Å². The maximum absolute atomic E-state index is 3.97. The summed E-state index contributed by atoms with van der Waals surface area (Å²) < 4.78 is 0. The van der Waals surface area contributed by atoms with Crippen LogP contribution in [0.4, 0.5) is 5.69 Å². The van der Waals surface area contributed by atoms with Crippen molar-refractivity contribution in [2.24, 2.45) is 10.3 Å². The van der Waals surface area contributed by atoms with Crippen LogP contribution < -0.4 is 0 Å². The van der Waals surface area contributed by atoms with E-state index < -0.39 is 0 Å². The van der Waals surface area contributed by atoms with Crippen molar-refractivity contribution in [2.45, 2.75) is 6.92 Å². The molecular formula is C8H12N4. The van der Waals surface area contributed by atoms with E-state index in [0.29, 0.717) is 0 Å². The first-order chi connectivity index (χ1) is 5.83. The van der Waals surface area contributed by atoms with Crippen LogP contribution in [0.15, 0.2) is 34.9 Å². The first kappa shape index (κ1) is 8.64. The maximum Gasteiger partial charge on any atom is 0.106 e. The number of aromatic nitrogens is 1. The van der Waals surface area contributed by atoms with Gasteiger partial charge in [0.25, 0.3) is 0 Å². The van der Waals surface area contributed by atoms with E-state index in [1.807, 2.05) is 26.1 Å². The average Bonchev–Trinajstić information content (AvgIpc) is 2.16. The van der Waals surface area contributed by atoms with Gasteiger partial charge < -0.3 is 0 Å². The van der Waals surface area contributed by atoms with E-state index in [2.05, 4.69) is 15.3 Å². The lowest BCUT2D eigenvalue weighted by molar-refractivity contribution is 0.351. The summed E-state index contributed by atoms with van der Waals surface area (Å²) in [5.74, 6) is 0. The molecule has 0 aliphatic rings. The molecule has 0 aromatic carbocycles. The first-order valence-corrected chi connectivity index (χ1v) is 3.85. The molecular weight excluding hydrogens is 152 g/mol. The molecule has 0 fully saturated rings. The van der Waals surface area contributed by atoms with Gasteiger partial charge in [0.15, 0.2) is 0 Å². The Morgan fingerprint density at radius 1 is 1.58 bits per heavy atom. The van der Waals surface area contributed by atoms with Crippen LogP contribution in [0.1, 0.15) is 6.92 Å². The standard InChI is InChI=1S/C8H12N4/c1-3-12(2)11-10-8-5-4-6-9-7-8/h4-7H,3H2,1-2H3. The van der Waals surface area contributed by atoms with Gasteiger partial charge in [-0.2, -0.15) is 0 Å². The second-order valence-electron chi connectivity index (χ2n) is 2.37. The fraction of sp³-hybridized carbons (Fsp3) is 0.375. The van der Waals surface area contributed by atoms with Crippen molar-refractivity contribution in [3.8, 4) is 0 Å². The predicted molar refractivity (Wildman–Crippen MR) is 47.1 cm³/mol. The molecule has 1 heterocycles. The fourth-order valence-electron chi connectivity index (χ4n) is 0.604. The van der Waals surface area contributed by atoms with Crippen LogP contribution in [0.3, 0.4) is 0 Å². The van der Waals surface area contributed by atoms with Crippen molar-refractivity contribution >= 4 is 5.69 Å². The van der Waals surface area contributed by atoms with Gasteiger partial charge in [0.2, 0.25) is 0 Å². The van der Waals surface area contributed by atoms with Gasteiger partial charge in [-0.1, -0.05) is 5.22 Å².